The SMILES string of the molecule is C=CCSC1=C(C#N)[C@@H](c2ccccc2C)[C@H](C(=O)OC)C(=O)N1. The molecule has 0 fully saturated rings. The third-order valence-electron chi connectivity index (χ3n) is 3.85. The average molecular weight is 342 g/mol. The van der Waals surface area contributed by atoms with Crippen LogP contribution in [-0.2, 0) is 14.3 Å². The van der Waals surface area contributed by atoms with Crippen LogP contribution >= 0.6 is 11.8 Å². The summed E-state index contributed by atoms with van der Waals surface area (Å²) in [6, 6.07) is 9.60. The van der Waals surface area contributed by atoms with Crippen molar-refractivity contribution in [3.8, 4) is 6.07 Å². The van der Waals surface area contributed by atoms with Crippen LogP contribution in [0.1, 0.15) is 17.0 Å². The Morgan fingerprint density at radius 1 is 1.50 bits per heavy atom. The van der Waals surface area contributed by atoms with E-state index in [9.17, 15) is 14.9 Å². The van der Waals surface area contributed by atoms with E-state index in [-0.39, 0.29) is 0 Å². The summed E-state index contributed by atoms with van der Waals surface area (Å²) in [6.45, 7) is 5.54. The fourth-order valence-electron chi connectivity index (χ4n) is 2.73. The van der Waals surface area contributed by atoms with Gasteiger partial charge >= 0.3 is 5.97 Å². The van der Waals surface area contributed by atoms with E-state index in [0.717, 1.165) is 11.1 Å². The number of rotatable bonds is 5. The van der Waals surface area contributed by atoms with Gasteiger partial charge in [-0.2, -0.15) is 5.26 Å². The van der Waals surface area contributed by atoms with E-state index in [4.69, 9.17) is 4.74 Å². The van der Waals surface area contributed by atoms with Crippen molar-refractivity contribution >= 4 is 23.6 Å². The summed E-state index contributed by atoms with van der Waals surface area (Å²) < 4.78 is 4.81. The predicted octanol–water partition coefficient (Wildman–Crippen LogP) is 2.65. The monoisotopic (exact) mass is 342 g/mol. The Balaban J connectivity index is 2.65. The first-order valence-corrected chi connectivity index (χ1v) is 8.35. The van der Waals surface area contributed by atoms with Gasteiger partial charge in [-0.15, -0.1) is 18.3 Å². The van der Waals surface area contributed by atoms with Crippen molar-refractivity contribution in [3.05, 3.63) is 58.6 Å². The third-order valence-corrected chi connectivity index (χ3v) is 4.87. The van der Waals surface area contributed by atoms with E-state index in [0.29, 0.717) is 16.4 Å². The first kappa shape index (κ1) is 17.8. The number of nitrogens with one attached hydrogen (secondary N) is 1. The quantitative estimate of drug-likeness (QED) is 0.505. The van der Waals surface area contributed by atoms with Gasteiger partial charge in [-0.3, -0.25) is 9.59 Å². The van der Waals surface area contributed by atoms with Gasteiger partial charge in [0.05, 0.1) is 23.8 Å². The van der Waals surface area contributed by atoms with Crippen LogP contribution in [0, 0.1) is 24.2 Å². The zero-order chi connectivity index (χ0) is 17.7. The highest BCUT2D eigenvalue weighted by Crippen LogP contribution is 2.41. The minimum atomic E-state index is -1.08. The number of thioether (sulfide) groups is 1. The molecule has 0 aliphatic carbocycles. The number of hydrogen-bond donors (Lipinski definition) is 1. The lowest BCUT2D eigenvalue weighted by molar-refractivity contribution is -0.150. The number of nitrogens with zero attached hydrogens (tertiary/aromatic N) is 1. The molecule has 5 nitrogen and oxygen atoms in total. The molecule has 0 bridgehead atoms. The van der Waals surface area contributed by atoms with Gasteiger partial charge in [-0.25, -0.2) is 0 Å². The summed E-state index contributed by atoms with van der Waals surface area (Å²) in [6.07, 6.45) is 1.69. The molecule has 1 aliphatic rings. The molecule has 2 rings (SSSR count). The fraction of sp³-hybridized carbons (Fsp3) is 0.278. The molecule has 0 radical (unpaired) electrons. The van der Waals surface area contributed by atoms with Crippen molar-refractivity contribution in [2.75, 3.05) is 12.9 Å². The van der Waals surface area contributed by atoms with Crippen molar-refractivity contribution in [2.24, 2.45) is 5.92 Å². The molecule has 0 saturated carbocycles. The van der Waals surface area contributed by atoms with E-state index in [2.05, 4.69) is 18.0 Å². The lowest BCUT2D eigenvalue weighted by atomic mass is 9.77. The maximum atomic E-state index is 12.5. The summed E-state index contributed by atoms with van der Waals surface area (Å²) in [5, 5.41) is 12.8. The highest BCUT2D eigenvalue weighted by Gasteiger charge is 2.44. The van der Waals surface area contributed by atoms with Gasteiger partial charge in [0.15, 0.2) is 0 Å². The number of ether oxygens (including phenoxy) is 1. The third kappa shape index (κ3) is 3.36. The molecule has 0 saturated heterocycles. The molecule has 1 aromatic carbocycles. The van der Waals surface area contributed by atoms with E-state index >= 15 is 0 Å². The Morgan fingerprint density at radius 3 is 2.79 bits per heavy atom. The molecule has 1 heterocycles. The van der Waals surface area contributed by atoms with Crippen LogP contribution < -0.4 is 5.32 Å². The van der Waals surface area contributed by atoms with E-state index in [1.54, 1.807) is 6.08 Å². The lowest BCUT2D eigenvalue weighted by Gasteiger charge is -2.31. The summed E-state index contributed by atoms with van der Waals surface area (Å²) in [7, 11) is 1.24. The largest absolute Gasteiger partial charge is 0.468 e. The maximum absolute atomic E-state index is 12.5. The van der Waals surface area contributed by atoms with Gasteiger partial charge in [0.2, 0.25) is 5.91 Å². The Hall–Kier alpha value is -2.52. The average Bonchev–Trinajstić information content (AvgIpc) is 2.59. The predicted molar refractivity (Wildman–Crippen MR) is 92.9 cm³/mol. The number of amides is 1. The number of allylic oxidation sites excluding steroid dienone is 1. The maximum Gasteiger partial charge on any atom is 0.319 e. The summed E-state index contributed by atoms with van der Waals surface area (Å²) in [5.74, 6) is -2.31. The molecule has 24 heavy (non-hydrogen) atoms. The normalized spacial score (nSPS) is 20.1. The molecule has 1 aliphatic heterocycles. The van der Waals surface area contributed by atoms with Crippen LogP contribution in [0.4, 0.5) is 0 Å². The highest BCUT2D eigenvalue weighted by molar-refractivity contribution is 8.03. The molecule has 1 amide bonds. The highest BCUT2D eigenvalue weighted by atomic mass is 32.2. The van der Waals surface area contributed by atoms with Gasteiger partial charge in [0.25, 0.3) is 0 Å². The second-order valence-corrected chi connectivity index (χ2v) is 6.31. The zero-order valence-electron chi connectivity index (χ0n) is 13.5. The van der Waals surface area contributed by atoms with Crippen molar-refractivity contribution in [3.63, 3.8) is 0 Å². The molecule has 0 aromatic heterocycles. The van der Waals surface area contributed by atoms with Crippen LogP contribution in [0.25, 0.3) is 0 Å². The number of nitriles is 1. The molecule has 124 valence electrons. The number of aryl methyl sites for hydroxylation is 1. The van der Waals surface area contributed by atoms with Crippen molar-refractivity contribution in [1.82, 2.24) is 5.32 Å². The van der Waals surface area contributed by atoms with Gasteiger partial charge in [0.1, 0.15) is 5.92 Å². The van der Waals surface area contributed by atoms with Crippen molar-refractivity contribution in [1.29, 1.82) is 5.26 Å². The number of carbonyl (C=O) groups is 2. The van der Waals surface area contributed by atoms with Gasteiger partial charge in [-0.05, 0) is 18.1 Å². The number of hydrogen-bond acceptors (Lipinski definition) is 5. The first-order valence-electron chi connectivity index (χ1n) is 7.37. The minimum Gasteiger partial charge on any atom is -0.468 e. The standard InChI is InChI=1S/C18H18N2O3S/c1-4-9-24-17-13(10-19)14(12-8-6-5-7-11(12)2)15(16(21)20-17)18(22)23-3/h4-8,14-15H,1,9H2,2-3H3,(H,20,21)/t14-,15+/m1/s1. The van der Waals surface area contributed by atoms with E-state index in [1.165, 1.54) is 18.9 Å². The second kappa shape index (κ2) is 7.84. The summed E-state index contributed by atoms with van der Waals surface area (Å²) >= 11 is 1.31. The number of methoxy groups -OCH3 is 1. The Labute approximate surface area is 145 Å². The van der Waals surface area contributed by atoms with Crippen molar-refractivity contribution < 1.29 is 14.3 Å². The second-order valence-electron chi connectivity index (χ2n) is 5.28. The Morgan fingerprint density at radius 2 is 2.21 bits per heavy atom. The number of carbonyl (C=O) groups excluding carboxylic acids is 2. The Bertz CT molecular complexity index is 749. The molecular formula is C18H18N2O3S. The van der Waals surface area contributed by atoms with E-state index < -0.39 is 23.7 Å². The molecule has 0 unspecified atom stereocenters. The van der Waals surface area contributed by atoms with Crippen LogP contribution in [0.2, 0.25) is 0 Å². The van der Waals surface area contributed by atoms with Crippen LogP contribution in [0.15, 0.2) is 47.5 Å². The van der Waals surface area contributed by atoms with Crippen molar-refractivity contribution in [2.45, 2.75) is 12.8 Å². The topological polar surface area (TPSA) is 79.2 Å². The van der Waals surface area contributed by atoms with Gasteiger partial charge in [-0.1, -0.05) is 30.3 Å². The number of benzene rings is 1. The molecule has 0 spiro atoms. The summed E-state index contributed by atoms with van der Waals surface area (Å²) in [4.78, 5) is 24.7. The Kier molecular flexibility index (Phi) is 5.83. The van der Waals surface area contributed by atoms with E-state index in [1.807, 2.05) is 31.2 Å². The number of esters is 1. The van der Waals surface area contributed by atoms with Crippen LogP contribution in [0.3, 0.4) is 0 Å². The molecular weight excluding hydrogens is 324 g/mol. The lowest BCUT2D eigenvalue weighted by Crippen LogP contribution is -2.44. The van der Waals surface area contributed by atoms with Crippen LogP contribution in [0.5, 0.6) is 0 Å². The van der Waals surface area contributed by atoms with Gasteiger partial charge in [0, 0.05) is 11.7 Å². The zero-order valence-corrected chi connectivity index (χ0v) is 14.4. The molecule has 1 aromatic rings. The minimum absolute atomic E-state index is 0.367. The summed E-state index contributed by atoms with van der Waals surface area (Å²) in [5.41, 5.74) is 2.05. The first-order chi connectivity index (χ1) is 11.5. The molecule has 6 heteroatoms. The molecule has 1 N–H and O–H groups in total. The van der Waals surface area contributed by atoms with Crippen LogP contribution in [-0.4, -0.2) is 24.7 Å². The van der Waals surface area contributed by atoms with Gasteiger partial charge < -0.3 is 10.1 Å². The fourth-order valence-corrected chi connectivity index (χ4v) is 3.52. The molecule has 2 atom stereocenters. The smallest absolute Gasteiger partial charge is 0.319 e.